The lowest BCUT2D eigenvalue weighted by Gasteiger charge is -2.36. The minimum Gasteiger partial charge on any atom is -0.350 e. The van der Waals surface area contributed by atoms with Crippen molar-refractivity contribution in [3.63, 3.8) is 0 Å². The van der Waals surface area contributed by atoms with E-state index in [1.54, 1.807) is 13.8 Å². The van der Waals surface area contributed by atoms with Crippen LogP contribution in [0.5, 0.6) is 0 Å². The van der Waals surface area contributed by atoms with E-state index in [0.29, 0.717) is 31.7 Å². The van der Waals surface area contributed by atoms with Crippen LogP contribution in [0.2, 0.25) is 0 Å². The molecule has 1 heterocycles. The van der Waals surface area contributed by atoms with Gasteiger partial charge >= 0.3 is 0 Å². The van der Waals surface area contributed by atoms with Gasteiger partial charge in [0.05, 0.1) is 0 Å². The molecule has 1 aliphatic carbocycles. The maximum atomic E-state index is 14.5. The van der Waals surface area contributed by atoms with Gasteiger partial charge in [-0.25, -0.2) is 4.39 Å². The molecule has 1 saturated heterocycles. The Labute approximate surface area is 470 Å². The second-order valence-electron chi connectivity index (χ2n) is 26.2. The van der Waals surface area contributed by atoms with Crippen LogP contribution in [0, 0.1) is 29.5 Å². The summed E-state index contributed by atoms with van der Waals surface area (Å²) in [5.41, 5.74) is -5.00. The fraction of sp³-hybridized carbons (Fsp3) is 0.746. The van der Waals surface area contributed by atoms with Crippen LogP contribution in [0.3, 0.4) is 0 Å². The monoisotopic (exact) mass is 1110 g/mol. The molecule has 1 aromatic carbocycles. The molecule has 0 spiro atoms. The zero-order chi connectivity index (χ0) is 60.0. The normalized spacial score (nSPS) is 18.0. The van der Waals surface area contributed by atoms with Gasteiger partial charge in [-0.3, -0.25) is 43.2 Å². The molecule has 2 fully saturated rings. The zero-order valence-electron chi connectivity index (χ0n) is 50.7. The lowest BCUT2D eigenvalue weighted by molar-refractivity contribution is -0.139. The number of amides is 9. The molecule has 3 rings (SSSR count). The fourth-order valence-electron chi connectivity index (χ4n) is 10.4. The first kappa shape index (κ1) is 67.6. The van der Waals surface area contributed by atoms with E-state index in [-0.39, 0.29) is 55.0 Å². The Bertz CT molecular complexity index is 2280. The third kappa shape index (κ3) is 21.1. The molecule has 446 valence electrons. The Kier molecular flexibility index (Phi) is 25.0. The first-order valence-electron chi connectivity index (χ1n) is 28.7. The van der Waals surface area contributed by atoms with E-state index in [1.807, 2.05) is 81.3 Å². The highest BCUT2D eigenvalue weighted by Gasteiger charge is 2.47. The molecule has 20 heteroatoms. The Morgan fingerprint density at radius 1 is 0.582 bits per heavy atom. The highest BCUT2D eigenvalue weighted by Crippen LogP contribution is 2.35. The number of likely N-dealkylation sites (N-methyl/N-ethyl adjacent to an activating group) is 1. The second-order valence-corrected chi connectivity index (χ2v) is 26.2. The Hall–Kier alpha value is -5.66. The molecule has 1 aliphatic heterocycles. The standard InChI is InChI=1S/C59H99FN10O9/c1-35(2)31-43(48(72)64-45(33-37(5)6)50(74)67-59(14,15)55(79)68-58(12,13)53(77)61-38(7)34-69(16)17)65-54(78)57(10,11)66-49(73)44(32-36(3)4)63-47(71)42(28-23-39-21-19-18-20-22-39)62-51(75)46-29-30-56(8,9)70(46)52(76)40-24-26-41(60)27-25-40/h24-27,35-39,42-46H,18-23,28-34H2,1-17H3,(H,61,77)(H,62,75)(H,63,71)(H,64,72)(H,65,78)(H,66,73)(H,67,74)(H,68,79)/t38?,42-,43-,44-,45-,46-/m0/s1. The van der Waals surface area contributed by atoms with Crippen molar-refractivity contribution in [3.05, 3.63) is 35.6 Å². The lowest BCUT2D eigenvalue weighted by Crippen LogP contribution is -2.65. The Morgan fingerprint density at radius 3 is 1.51 bits per heavy atom. The Morgan fingerprint density at radius 2 is 1.03 bits per heavy atom. The number of hydrogen-bond acceptors (Lipinski definition) is 10. The van der Waals surface area contributed by atoms with Crippen molar-refractivity contribution in [3.8, 4) is 0 Å². The van der Waals surface area contributed by atoms with Crippen LogP contribution in [0.4, 0.5) is 4.39 Å². The topological polar surface area (TPSA) is 256 Å². The van der Waals surface area contributed by atoms with Gasteiger partial charge in [0.25, 0.3) is 5.91 Å². The first-order chi connectivity index (χ1) is 36.5. The summed E-state index contributed by atoms with van der Waals surface area (Å²) >= 11 is 0. The van der Waals surface area contributed by atoms with Gasteiger partial charge in [0.2, 0.25) is 47.3 Å². The van der Waals surface area contributed by atoms with Crippen molar-refractivity contribution in [1.29, 1.82) is 0 Å². The van der Waals surface area contributed by atoms with E-state index in [2.05, 4.69) is 42.5 Å². The van der Waals surface area contributed by atoms with Gasteiger partial charge in [-0.15, -0.1) is 0 Å². The largest absolute Gasteiger partial charge is 0.350 e. The predicted octanol–water partition coefficient (Wildman–Crippen LogP) is 5.40. The van der Waals surface area contributed by atoms with Crippen LogP contribution in [-0.4, -0.2) is 142 Å². The third-order valence-electron chi connectivity index (χ3n) is 14.9. The summed E-state index contributed by atoms with van der Waals surface area (Å²) in [7, 11) is 3.76. The zero-order valence-corrected chi connectivity index (χ0v) is 50.7. The third-order valence-corrected chi connectivity index (χ3v) is 14.9. The molecule has 1 saturated carbocycles. The molecule has 1 aromatic rings. The van der Waals surface area contributed by atoms with Gasteiger partial charge in [-0.2, -0.15) is 0 Å². The quantitative estimate of drug-likeness (QED) is 0.0531. The van der Waals surface area contributed by atoms with Crippen LogP contribution >= 0.6 is 0 Å². The van der Waals surface area contributed by atoms with E-state index in [4.69, 9.17) is 0 Å². The van der Waals surface area contributed by atoms with Crippen molar-refractivity contribution in [1.82, 2.24) is 52.3 Å². The van der Waals surface area contributed by atoms with Crippen molar-refractivity contribution in [2.75, 3.05) is 20.6 Å². The number of carbonyl (C=O) groups excluding carboxylic acids is 9. The molecule has 1 unspecified atom stereocenters. The number of rotatable bonds is 28. The number of carbonyl (C=O) groups is 9. The van der Waals surface area contributed by atoms with E-state index in [0.717, 1.165) is 32.1 Å². The average molecular weight is 1110 g/mol. The smallest absolute Gasteiger partial charge is 0.254 e. The summed E-state index contributed by atoms with van der Waals surface area (Å²) in [5.74, 6) is -5.71. The minimum atomic E-state index is -1.64. The maximum Gasteiger partial charge on any atom is 0.254 e. The summed E-state index contributed by atoms with van der Waals surface area (Å²) in [6.45, 7) is 26.5. The van der Waals surface area contributed by atoms with E-state index >= 15 is 0 Å². The van der Waals surface area contributed by atoms with Gasteiger partial charge in [0, 0.05) is 23.7 Å². The maximum absolute atomic E-state index is 14.5. The van der Waals surface area contributed by atoms with Crippen molar-refractivity contribution in [2.24, 2.45) is 23.7 Å². The van der Waals surface area contributed by atoms with E-state index in [1.165, 1.54) is 56.9 Å². The number of hydrogen-bond donors (Lipinski definition) is 8. The van der Waals surface area contributed by atoms with Crippen LogP contribution in [0.15, 0.2) is 24.3 Å². The molecule has 8 N–H and O–H groups in total. The van der Waals surface area contributed by atoms with E-state index < -0.39 is 111 Å². The van der Waals surface area contributed by atoms with Crippen LogP contribution in [0.25, 0.3) is 0 Å². The number of nitrogens with one attached hydrogen (secondary N) is 8. The number of benzene rings is 1. The number of likely N-dealkylation sites (tertiary alicyclic amines) is 1. The summed E-state index contributed by atoms with van der Waals surface area (Å²) in [5, 5.41) is 22.7. The molecule has 9 amide bonds. The van der Waals surface area contributed by atoms with Crippen molar-refractivity contribution < 1.29 is 47.5 Å². The van der Waals surface area contributed by atoms with Gasteiger partial charge in [-0.1, -0.05) is 73.6 Å². The molecule has 0 bridgehead atoms. The SMILES string of the molecule is CC(C)C[C@H](NC(=O)[C@H](CCC1CCCCC1)NC(=O)[C@@H]1CCC(C)(C)N1C(=O)c1ccc(F)cc1)C(=O)NC(C)(C)C(=O)N[C@@H](CC(C)C)C(=O)N[C@@H](CC(C)C)C(=O)NC(C)(C)C(=O)NC(C)(C)C(=O)NC(C)CN(C)C. The summed E-state index contributed by atoms with van der Waals surface area (Å²) in [6, 6.07) is -0.467. The number of halogens is 1. The molecule has 6 atom stereocenters. The molecular weight excluding hydrogens is 1010 g/mol. The highest BCUT2D eigenvalue weighted by atomic mass is 19.1. The minimum absolute atomic E-state index is 0.0930. The molecular formula is C59H99FN10O9. The molecule has 2 aliphatic rings. The second kappa shape index (κ2) is 29.2. The molecule has 79 heavy (non-hydrogen) atoms. The first-order valence-corrected chi connectivity index (χ1v) is 28.7. The average Bonchev–Trinajstić information content (AvgIpc) is 3.65. The predicted molar refractivity (Wildman–Crippen MR) is 304 cm³/mol. The van der Waals surface area contributed by atoms with Gasteiger partial charge in [0.1, 0.15) is 52.6 Å². The Balaban J connectivity index is 1.81. The summed E-state index contributed by atoms with van der Waals surface area (Å²) < 4.78 is 13.8. The van der Waals surface area contributed by atoms with Crippen LogP contribution in [-0.2, 0) is 38.4 Å². The van der Waals surface area contributed by atoms with Crippen molar-refractivity contribution >= 4 is 53.2 Å². The van der Waals surface area contributed by atoms with Gasteiger partial charge < -0.3 is 52.3 Å². The molecule has 0 radical (unpaired) electrons. The van der Waals surface area contributed by atoms with Gasteiger partial charge in [0.15, 0.2) is 0 Å². The van der Waals surface area contributed by atoms with Gasteiger partial charge in [-0.05, 0) is 169 Å². The number of nitrogens with zero attached hydrogens (tertiary/aromatic N) is 2. The summed E-state index contributed by atoms with van der Waals surface area (Å²) in [4.78, 5) is 130. The fourth-order valence-corrected chi connectivity index (χ4v) is 10.4. The lowest BCUT2D eigenvalue weighted by atomic mass is 9.85. The van der Waals surface area contributed by atoms with E-state index in [9.17, 15) is 47.5 Å². The molecule has 19 nitrogen and oxygen atoms in total. The van der Waals surface area contributed by atoms with Crippen LogP contribution in [0.1, 0.15) is 191 Å². The van der Waals surface area contributed by atoms with Crippen molar-refractivity contribution in [2.45, 2.75) is 239 Å². The summed E-state index contributed by atoms with van der Waals surface area (Å²) in [6.07, 6.45) is 7.59. The van der Waals surface area contributed by atoms with Crippen LogP contribution < -0.4 is 42.5 Å². The highest BCUT2D eigenvalue weighted by molar-refractivity contribution is 6.01. The molecule has 0 aromatic heterocycles.